The van der Waals surface area contributed by atoms with E-state index in [9.17, 15) is 4.39 Å². The molecule has 0 radical (unpaired) electrons. The van der Waals surface area contributed by atoms with Crippen LogP contribution >= 0.6 is 0 Å². The van der Waals surface area contributed by atoms with E-state index in [1.165, 1.54) is 5.69 Å². The van der Waals surface area contributed by atoms with Gasteiger partial charge >= 0.3 is 0 Å². The Morgan fingerprint density at radius 3 is 2.38 bits per heavy atom. The number of hydrogen-bond acceptors (Lipinski definition) is 3. The van der Waals surface area contributed by atoms with Crippen molar-refractivity contribution in [3.63, 3.8) is 0 Å². The summed E-state index contributed by atoms with van der Waals surface area (Å²) in [6.07, 6.45) is 0. The van der Waals surface area contributed by atoms with Gasteiger partial charge in [-0.15, -0.1) is 0 Å². The van der Waals surface area contributed by atoms with E-state index in [0.29, 0.717) is 6.54 Å². The molecule has 4 heteroatoms. The Balaban J connectivity index is 2.11. The zero-order valence-electron chi connectivity index (χ0n) is 13.7. The molecule has 1 aliphatic heterocycles. The van der Waals surface area contributed by atoms with Crippen molar-refractivity contribution in [3.8, 4) is 0 Å². The maximum atomic E-state index is 13.6. The van der Waals surface area contributed by atoms with Gasteiger partial charge in [0.15, 0.2) is 0 Å². The highest BCUT2D eigenvalue weighted by Crippen LogP contribution is 2.23. The van der Waals surface area contributed by atoms with Crippen LogP contribution in [0.5, 0.6) is 0 Å². The minimum Gasteiger partial charge on any atom is -0.369 e. The Kier molecular flexibility index (Phi) is 5.22. The highest BCUT2D eigenvalue weighted by atomic mass is 19.1. The maximum absolute atomic E-state index is 13.6. The molecular weight excluding hydrogens is 265 g/mol. The normalized spacial score (nSPS) is 17.3. The van der Waals surface area contributed by atoms with Gasteiger partial charge in [-0.05, 0) is 51.1 Å². The maximum Gasteiger partial charge on any atom is 0.123 e. The highest BCUT2D eigenvalue weighted by molar-refractivity contribution is 5.54. The first-order valence-electron chi connectivity index (χ1n) is 7.90. The topological polar surface area (TPSA) is 18.5 Å². The number of nitrogens with one attached hydrogen (secondary N) is 1. The summed E-state index contributed by atoms with van der Waals surface area (Å²) in [5.74, 6) is -0.156. The summed E-state index contributed by atoms with van der Waals surface area (Å²) < 4.78 is 13.6. The molecule has 1 aromatic rings. The first-order chi connectivity index (χ1) is 9.89. The Hall–Kier alpha value is -1.13. The van der Waals surface area contributed by atoms with E-state index >= 15 is 0 Å². The molecule has 1 aromatic carbocycles. The Bertz CT molecular complexity index is 460. The zero-order valence-corrected chi connectivity index (χ0v) is 13.7. The average molecular weight is 293 g/mol. The third kappa shape index (κ3) is 4.68. The van der Waals surface area contributed by atoms with Crippen molar-refractivity contribution in [1.82, 2.24) is 10.2 Å². The van der Waals surface area contributed by atoms with Crippen LogP contribution in [-0.4, -0.2) is 43.2 Å². The predicted molar refractivity (Wildman–Crippen MR) is 87.3 cm³/mol. The molecule has 0 unspecified atom stereocenters. The van der Waals surface area contributed by atoms with Crippen molar-refractivity contribution in [2.75, 3.05) is 37.6 Å². The summed E-state index contributed by atoms with van der Waals surface area (Å²) in [6.45, 7) is 14.6. The lowest BCUT2D eigenvalue weighted by Crippen LogP contribution is -2.46. The molecule has 0 aromatic heterocycles. The fourth-order valence-corrected chi connectivity index (χ4v) is 2.67. The van der Waals surface area contributed by atoms with Gasteiger partial charge in [-0.25, -0.2) is 4.39 Å². The number of piperazine rings is 1. The number of likely N-dealkylation sites (N-methyl/N-ethyl adjacent to an activating group) is 1. The van der Waals surface area contributed by atoms with Crippen molar-refractivity contribution in [1.29, 1.82) is 0 Å². The molecule has 1 N–H and O–H groups in total. The molecule has 0 atom stereocenters. The molecule has 2 rings (SSSR count). The van der Waals surface area contributed by atoms with E-state index in [1.807, 2.05) is 6.07 Å². The number of hydrogen-bond donors (Lipinski definition) is 1. The van der Waals surface area contributed by atoms with Crippen LogP contribution in [0.25, 0.3) is 0 Å². The van der Waals surface area contributed by atoms with Crippen molar-refractivity contribution in [2.45, 2.75) is 39.8 Å². The van der Waals surface area contributed by atoms with E-state index < -0.39 is 0 Å². The molecule has 0 amide bonds. The smallest absolute Gasteiger partial charge is 0.123 e. The monoisotopic (exact) mass is 293 g/mol. The number of halogens is 1. The van der Waals surface area contributed by atoms with Gasteiger partial charge in [0.2, 0.25) is 0 Å². The van der Waals surface area contributed by atoms with Gasteiger partial charge in [-0.3, -0.25) is 0 Å². The molecular formula is C17H28FN3. The van der Waals surface area contributed by atoms with Crippen LogP contribution in [0, 0.1) is 5.82 Å². The number of benzene rings is 1. The van der Waals surface area contributed by atoms with Crippen molar-refractivity contribution in [2.24, 2.45) is 0 Å². The predicted octanol–water partition coefficient (Wildman–Crippen LogP) is 2.86. The van der Waals surface area contributed by atoms with Crippen LogP contribution in [0.3, 0.4) is 0 Å². The minimum absolute atomic E-state index is 0.0322. The van der Waals surface area contributed by atoms with Gasteiger partial charge in [0.1, 0.15) is 5.82 Å². The molecule has 0 saturated carbocycles. The largest absolute Gasteiger partial charge is 0.369 e. The summed E-state index contributed by atoms with van der Waals surface area (Å²) in [7, 11) is 0. The standard InChI is InChI=1S/C17H28FN3/c1-5-20-8-10-21(11-9-20)16-7-6-15(18)12-14(16)13-19-17(2,3)4/h6-7,12,19H,5,8-11,13H2,1-4H3. The average Bonchev–Trinajstić information content (AvgIpc) is 2.45. The SMILES string of the molecule is CCN1CCN(c2ccc(F)cc2CNC(C)(C)C)CC1. The van der Waals surface area contributed by atoms with Crippen molar-refractivity contribution < 1.29 is 4.39 Å². The van der Waals surface area contributed by atoms with E-state index in [2.05, 4.69) is 42.8 Å². The first-order valence-corrected chi connectivity index (χ1v) is 7.90. The van der Waals surface area contributed by atoms with E-state index in [0.717, 1.165) is 38.3 Å². The fraction of sp³-hybridized carbons (Fsp3) is 0.647. The molecule has 1 aliphatic rings. The van der Waals surface area contributed by atoms with E-state index in [-0.39, 0.29) is 11.4 Å². The van der Waals surface area contributed by atoms with Crippen LogP contribution < -0.4 is 10.2 Å². The summed E-state index contributed by atoms with van der Waals surface area (Å²) in [4.78, 5) is 4.83. The second-order valence-corrected chi connectivity index (χ2v) is 6.80. The number of rotatable bonds is 4. The lowest BCUT2D eigenvalue weighted by atomic mass is 10.1. The van der Waals surface area contributed by atoms with E-state index in [1.54, 1.807) is 12.1 Å². The van der Waals surface area contributed by atoms with Gasteiger partial charge < -0.3 is 15.1 Å². The van der Waals surface area contributed by atoms with Crippen LogP contribution in [0.2, 0.25) is 0 Å². The molecule has 1 heterocycles. The van der Waals surface area contributed by atoms with Crippen LogP contribution in [-0.2, 0) is 6.54 Å². The van der Waals surface area contributed by atoms with Gasteiger partial charge in [0, 0.05) is 44.0 Å². The number of anilines is 1. The summed E-state index contributed by atoms with van der Waals surface area (Å²) in [5, 5.41) is 3.46. The third-order valence-electron chi connectivity index (χ3n) is 4.01. The Morgan fingerprint density at radius 1 is 1.14 bits per heavy atom. The van der Waals surface area contributed by atoms with Crippen LogP contribution in [0.4, 0.5) is 10.1 Å². The third-order valence-corrected chi connectivity index (χ3v) is 4.01. The number of nitrogens with zero attached hydrogens (tertiary/aromatic N) is 2. The second kappa shape index (κ2) is 6.75. The minimum atomic E-state index is -0.156. The summed E-state index contributed by atoms with van der Waals surface area (Å²) >= 11 is 0. The fourth-order valence-electron chi connectivity index (χ4n) is 2.67. The molecule has 1 fully saturated rings. The Labute approximate surface area is 128 Å². The van der Waals surface area contributed by atoms with E-state index in [4.69, 9.17) is 0 Å². The van der Waals surface area contributed by atoms with Gasteiger partial charge in [0.25, 0.3) is 0 Å². The lowest BCUT2D eigenvalue weighted by molar-refractivity contribution is 0.271. The lowest BCUT2D eigenvalue weighted by Gasteiger charge is -2.36. The van der Waals surface area contributed by atoms with Gasteiger partial charge in [-0.1, -0.05) is 6.92 Å². The molecule has 0 bridgehead atoms. The van der Waals surface area contributed by atoms with Crippen molar-refractivity contribution in [3.05, 3.63) is 29.6 Å². The quantitative estimate of drug-likeness (QED) is 0.921. The Morgan fingerprint density at radius 2 is 1.81 bits per heavy atom. The van der Waals surface area contributed by atoms with Gasteiger partial charge in [-0.2, -0.15) is 0 Å². The summed E-state index contributed by atoms with van der Waals surface area (Å²) in [5.41, 5.74) is 2.25. The molecule has 1 saturated heterocycles. The van der Waals surface area contributed by atoms with Crippen molar-refractivity contribution >= 4 is 5.69 Å². The van der Waals surface area contributed by atoms with Gasteiger partial charge in [0.05, 0.1) is 0 Å². The molecule has 0 spiro atoms. The molecule has 0 aliphatic carbocycles. The second-order valence-electron chi connectivity index (χ2n) is 6.80. The summed E-state index contributed by atoms with van der Waals surface area (Å²) in [6, 6.07) is 5.17. The molecule has 21 heavy (non-hydrogen) atoms. The molecule has 118 valence electrons. The highest BCUT2D eigenvalue weighted by Gasteiger charge is 2.19. The zero-order chi connectivity index (χ0) is 15.5. The van der Waals surface area contributed by atoms with Crippen LogP contribution in [0.1, 0.15) is 33.3 Å². The molecule has 3 nitrogen and oxygen atoms in total. The first kappa shape index (κ1) is 16.2. The van der Waals surface area contributed by atoms with Crippen LogP contribution in [0.15, 0.2) is 18.2 Å².